The third kappa shape index (κ3) is 8.33. The van der Waals surface area contributed by atoms with Gasteiger partial charge in [-0.15, -0.1) is 0 Å². The molecule has 0 aliphatic carbocycles. The summed E-state index contributed by atoms with van der Waals surface area (Å²) in [6.07, 6.45) is 7.01. The summed E-state index contributed by atoms with van der Waals surface area (Å²) < 4.78 is 11.6. The van der Waals surface area contributed by atoms with Crippen LogP contribution in [0.2, 0.25) is 0 Å². The van der Waals surface area contributed by atoms with E-state index in [0.717, 1.165) is 38.4 Å². The Hall–Kier alpha value is -3.36. The van der Waals surface area contributed by atoms with Gasteiger partial charge in [0.25, 0.3) is 0 Å². The Labute approximate surface area is 223 Å². The second kappa shape index (κ2) is 14.4. The average molecular weight is 493 g/mol. The van der Waals surface area contributed by atoms with Crippen molar-refractivity contribution in [2.75, 3.05) is 19.8 Å². The molecular weight excluding hydrogens is 452 g/mol. The van der Waals surface area contributed by atoms with Gasteiger partial charge in [-0.3, -0.25) is 0 Å². The van der Waals surface area contributed by atoms with Crippen molar-refractivity contribution in [3.05, 3.63) is 103 Å². The largest absolute Gasteiger partial charge is 0.494 e. The zero-order chi connectivity index (χ0) is 25.7. The average Bonchev–Trinajstić information content (AvgIpc) is 2.95. The van der Waals surface area contributed by atoms with E-state index in [1.807, 2.05) is 0 Å². The van der Waals surface area contributed by atoms with Crippen LogP contribution < -0.4 is 4.74 Å². The van der Waals surface area contributed by atoms with Gasteiger partial charge in [-0.05, 0) is 78.1 Å². The molecule has 0 aromatic heterocycles. The smallest absolute Gasteiger partial charge is 0.119 e. The molecule has 0 spiro atoms. The van der Waals surface area contributed by atoms with Crippen LogP contribution in [-0.2, 0) is 4.74 Å². The van der Waals surface area contributed by atoms with Gasteiger partial charge in [0.2, 0.25) is 0 Å². The molecule has 0 heterocycles. The van der Waals surface area contributed by atoms with E-state index in [9.17, 15) is 0 Å². The molecule has 2 heteroatoms. The quantitative estimate of drug-likeness (QED) is 0.163. The summed E-state index contributed by atoms with van der Waals surface area (Å²) in [4.78, 5) is 0. The van der Waals surface area contributed by atoms with E-state index in [4.69, 9.17) is 9.47 Å². The SMILES string of the molecule is CCCCOCCCCCCOc1ccc(-c2ccc(-c3ccc(-c4ccc(C)cc4)cc3)cc2)cc1. The molecule has 0 radical (unpaired) electrons. The Kier molecular flexibility index (Phi) is 10.4. The molecule has 0 aliphatic rings. The van der Waals surface area contributed by atoms with Crippen LogP contribution in [0.4, 0.5) is 0 Å². The highest BCUT2D eigenvalue weighted by molar-refractivity contribution is 5.73. The molecule has 0 saturated heterocycles. The van der Waals surface area contributed by atoms with Crippen LogP contribution in [0.25, 0.3) is 33.4 Å². The summed E-state index contributed by atoms with van der Waals surface area (Å²) in [5, 5.41) is 0. The Balaban J connectivity index is 1.22. The number of unbranched alkanes of at least 4 members (excludes halogenated alkanes) is 4. The summed E-state index contributed by atoms with van der Waals surface area (Å²) in [5.41, 5.74) is 8.66. The van der Waals surface area contributed by atoms with Gasteiger partial charge in [0, 0.05) is 13.2 Å². The minimum atomic E-state index is 0.771. The normalized spacial score (nSPS) is 11.0. The van der Waals surface area contributed by atoms with Crippen molar-refractivity contribution in [2.24, 2.45) is 0 Å². The van der Waals surface area contributed by atoms with Crippen LogP contribution in [0.3, 0.4) is 0 Å². The first-order valence-corrected chi connectivity index (χ1v) is 13.8. The van der Waals surface area contributed by atoms with Crippen LogP contribution in [-0.4, -0.2) is 19.8 Å². The van der Waals surface area contributed by atoms with E-state index in [1.54, 1.807) is 0 Å². The number of aryl methyl sites for hydroxylation is 1. The lowest BCUT2D eigenvalue weighted by Crippen LogP contribution is -1.99. The van der Waals surface area contributed by atoms with Crippen LogP contribution in [0.15, 0.2) is 97.1 Å². The molecular formula is C35H40O2. The molecule has 0 aliphatic heterocycles. The van der Waals surface area contributed by atoms with Crippen molar-refractivity contribution >= 4 is 0 Å². The van der Waals surface area contributed by atoms with E-state index in [1.165, 1.54) is 64.6 Å². The summed E-state index contributed by atoms with van der Waals surface area (Å²) in [7, 11) is 0. The maximum Gasteiger partial charge on any atom is 0.119 e. The highest BCUT2D eigenvalue weighted by Crippen LogP contribution is 2.28. The molecule has 4 aromatic rings. The third-order valence-electron chi connectivity index (χ3n) is 6.77. The molecule has 0 saturated carbocycles. The molecule has 0 bridgehead atoms. The summed E-state index contributed by atoms with van der Waals surface area (Å²) in [5.74, 6) is 0.942. The molecule has 192 valence electrons. The monoisotopic (exact) mass is 492 g/mol. The van der Waals surface area contributed by atoms with Gasteiger partial charge < -0.3 is 9.47 Å². The van der Waals surface area contributed by atoms with Crippen LogP contribution >= 0.6 is 0 Å². The van der Waals surface area contributed by atoms with Gasteiger partial charge in [0.05, 0.1) is 6.61 Å². The Bertz CT molecular complexity index is 1170. The Morgan fingerprint density at radius 2 is 0.811 bits per heavy atom. The Morgan fingerprint density at radius 1 is 0.432 bits per heavy atom. The van der Waals surface area contributed by atoms with Crippen molar-refractivity contribution in [3.63, 3.8) is 0 Å². The molecule has 37 heavy (non-hydrogen) atoms. The number of ether oxygens (including phenoxy) is 2. The predicted octanol–water partition coefficient (Wildman–Crippen LogP) is 9.75. The fraction of sp³-hybridized carbons (Fsp3) is 0.314. The highest BCUT2D eigenvalue weighted by Gasteiger charge is 2.03. The lowest BCUT2D eigenvalue weighted by Gasteiger charge is -2.09. The van der Waals surface area contributed by atoms with Crippen molar-refractivity contribution in [2.45, 2.75) is 52.4 Å². The van der Waals surface area contributed by atoms with Gasteiger partial charge in [-0.1, -0.05) is 110 Å². The fourth-order valence-electron chi connectivity index (χ4n) is 4.40. The van der Waals surface area contributed by atoms with Crippen molar-refractivity contribution in [3.8, 4) is 39.1 Å². The first-order valence-electron chi connectivity index (χ1n) is 13.8. The first-order chi connectivity index (χ1) is 18.2. The third-order valence-corrected chi connectivity index (χ3v) is 6.77. The van der Waals surface area contributed by atoms with Crippen molar-refractivity contribution in [1.29, 1.82) is 0 Å². The van der Waals surface area contributed by atoms with Crippen molar-refractivity contribution < 1.29 is 9.47 Å². The summed E-state index contributed by atoms with van der Waals surface area (Å²) in [6, 6.07) is 34.8. The number of hydrogen-bond acceptors (Lipinski definition) is 2. The Morgan fingerprint density at radius 3 is 1.27 bits per heavy atom. The van der Waals surface area contributed by atoms with E-state index in [-0.39, 0.29) is 0 Å². The summed E-state index contributed by atoms with van der Waals surface area (Å²) >= 11 is 0. The second-order valence-corrected chi connectivity index (χ2v) is 9.77. The maximum absolute atomic E-state index is 5.95. The number of rotatable bonds is 14. The standard InChI is InChI=1S/C35H40O2/c1-3-4-25-36-26-7-5-6-8-27-37-35-23-21-34(22-24-35)33-19-17-32(18-20-33)31-15-13-30(14-16-31)29-11-9-28(2)10-12-29/h9-24H,3-8,25-27H2,1-2H3. The van der Waals surface area contributed by atoms with E-state index >= 15 is 0 Å². The molecule has 2 nitrogen and oxygen atoms in total. The molecule has 0 fully saturated rings. The molecule has 0 unspecified atom stereocenters. The maximum atomic E-state index is 5.95. The topological polar surface area (TPSA) is 18.5 Å². The number of hydrogen-bond donors (Lipinski definition) is 0. The van der Waals surface area contributed by atoms with Crippen LogP contribution in [0.5, 0.6) is 5.75 Å². The van der Waals surface area contributed by atoms with Crippen molar-refractivity contribution in [1.82, 2.24) is 0 Å². The highest BCUT2D eigenvalue weighted by atomic mass is 16.5. The summed E-state index contributed by atoms with van der Waals surface area (Å²) in [6.45, 7) is 6.89. The zero-order valence-electron chi connectivity index (χ0n) is 22.4. The van der Waals surface area contributed by atoms with Gasteiger partial charge in [-0.25, -0.2) is 0 Å². The lowest BCUT2D eigenvalue weighted by atomic mass is 9.98. The van der Waals surface area contributed by atoms with E-state index in [0.29, 0.717) is 0 Å². The zero-order valence-corrected chi connectivity index (χ0v) is 22.4. The molecule has 4 rings (SSSR count). The first kappa shape index (κ1) is 26.7. The molecule has 0 N–H and O–H groups in total. The van der Waals surface area contributed by atoms with Gasteiger partial charge in [-0.2, -0.15) is 0 Å². The minimum Gasteiger partial charge on any atom is -0.494 e. The predicted molar refractivity (Wildman–Crippen MR) is 157 cm³/mol. The molecule has 0 atom stereocenters. The van der Waals surface area contributed by atoms with Gasteiger partial charge >= 0.3 is 0 Å². The van der Waals surface area contributed by atoms with Gasteiger partial charge in [0.15, 0.2) is 0 Å². The van der Waals surface area contributed by atoms with Gasteiger partial charge in [0.1, 0.15) is 5.75 Å². The van der Waals surface area contributed by atoms with Crippen LogP contribution in [0.1, 0.15) is 51.0 Å². The van der Waals surface area contributed by atoms with Crippen LogP contribution in [0, 0.1) is 6.92 Å². The molecule has 0 amide bonds. The second-order valence-electron chi connectivity index (χ2n) is 9.77. The lowest BCUT2D eigenvalue weighted by molar-refractivity contribution is 0.126. The number of benzene rings is 4. The fourth-order valence-corrected chi connectivity index (χ4v) is 4.40. The van der Waals surface area contributed by atoms with E-state index in [2.05, 4.69) is 111 Å². The minimum absolute atomic E-state index is 0.771. The molecule has 4 aromatic carbocycles. The van der Waals surface area contributed by atoms with E-state index < -0.39 is 0 Å².